The zero-order chi connectivity index (χ0) is 10.9. The Kier molecular flexibility index (Phi) is 6.45. The Labute approximate surface area is 97.8 Å². The lowest BCUT2D eigenvalue weighted by Gasteiger charge is -2.09. The minimum atomic E-state index is 0.283. The SMILES string of the molecule is CCCC(Cl)CNCCc1ccccc1. The number of rotatable bonds is 7. The molecular formula is C13H20ClN. The van der Waals surface area contributed by atoms with E-state index >= 15 is 0 Å². The van der Waals surface area contributed by atoms with Gasteiger partial charge in [0, 0.05) is 11.9 Å². The maximum absolute atomic E-state index is 6.10. The summed E-state index contributed by atoms with van der Waals surface area (Å²) in [4.78, 5) is 0. The van der Waals surface area contributed by atoms with E-state index in [1.165, 1.54) is 5.56 Å². The summed E-state index contributed by atoms with van der Waals surface area (Å²) in [6, 6.07) is 10.5. The maximum atomic E-state index is 6.10. The van der Waals surface area contributed by atoms with E-state index in [1.807, 2.05) is 6.07 Å². The second kappa shape index (κ2) is 7.72. The van der Waals surface area contributed by atoms with Gasteiger partial charge in [-0.25, -0.2) is 0 Å². The van der Waals surface area contributed by atoms with Crippen LogP contribution in [-0.2, 0) is 6.42 Å². The molecule has 0 amide bonds. The third kappa shape index (κ3) is 5.81. The van der Waals surface area contributed by atoms with Crippen molar-refractivity contribution < 1.29 is 0 Å². The Morgan fingerprint density at radius 1 is 1.27 bits per heavy atom. The average Bonchev–Trinajstić information content (AvgIpc) is 2.26. The van der Waals surface area contributed by atoms with Crippen molar-refractivity contribution in [3.05, 3.63) is 35.9 Å². The Morgan fingerprint density at radius 3 is 2.67 bits per heavy atom. The predicted octanol–water partition coefficient (Wildman–Crippen LogP) is 3.23. The van der Waals surface area contributed by atoms with Gasteiger partial charge < -0.3 is 5.32 Å². The van der Waals surface area contributed by atoms with Crippen LogP contribution in [0.5, 0.6) is 0 Å². The molecular weight excluding hydrogens is 206 g/mol. The summed E-state index contributed by atoms with van der Waals surface area (Å²) in [6.45, 7) is 4.10. The molecule has 84 valence electrons. The van der Waals surface area contributed by atoms with Crippen LogP contribution in [0.1, 0.15) is 25.3 Å². The van der Waals surface area contributed by atoms with E-state index in [-0.39, 0.29) is 5.38 Å². The largest absolute Gasteiger partial charge is 0.315 e. The smallest absolute Gasteiger partial charge is 0.0460 e. The molecule has 1 atom stereocenters. The molecule has 0 aliphatic heterocycles. The normalized spacial score (nSPS) is 12.7. The Morgan fingerprint density at radius 2 is 2.00 bits per heavy atom. The molecule has 0 bridgehead atoms. The molecule has 0 fully saturated rings. The van der Waals surface area contributed by atoms with Crippen LogP contribution in [0.2, 0.25) is 0 Å². The molecule has 1 unspecified atom stereocenters. The van der Waals surface area contributed by atoms with Crippen molar-refractivity contribution in [3.63, 3.8) is 0 Å². The van der Waals surface area contributed by atoms with Crippen molar-refractivity contribution >= 4 is 11.6 Å². The monoisotopic (exact) mass is 225 g/mol. The molecule has 0 aromatic heterocycles. The summed E-state index contributed by atoms with van der Waals surface area (Å²) in [5.41, 5.74) is 1.38. The fourth-order valence-corrected chi connectivity index (χ4v) is 1.88. The number of benzene rings is 1. The molecule has 0 saturated heterocycles. The van der Waals surface area contributed by atoms with E-state index in [2.05, 4.69) is 36.5 Å². The summed E-state index contributed by atoms with van der Waals surface area (Å²) in [5, 5.41) is 3.67. The molecule has 15 heavy (non-hydrogen) atoms. The highest BCUT2D eigenvalue weighted by molar-refractivity contribution is 6.20. The first-order chi connectivity index (χ1) is 7.33. The first-order valence-electron chi connectivity index (χ1n) is 5.71. The first-order valence-corrected chi connectivity index (χ1v) is 6.15. The third-order valence-electron chi connectivity index (χ3n) is 2.40. The second-order valence-corrected chi connectivity index (χ2v) is 4.44. The Hall–Kier alpha value is -0.530. The first kappa shape index (κ1) is 12.5. The fraction of sp³-hybridized carbons (Fsp3) is 0.538. The lowest BCUT2D eigenvalue weighted by Crippen LogP contribution is -2.25. The molecule has 0 saturated carbocycles. The van der Waals surface area contributed by atoms with Gasteiger partial charge in [0.2, 0.25) is 0 Å². The molecule has 1 nitrogen and oxygen atoms in total. The highest BCUT2D eigenvalue weighted by Crippen LogP contribution is 2.03. The molecule has 1 aromatic rings. The zero-order valence-corrected chi connectivity index (χ0v) is 10.1. The van der Waals surface area contributed by atoms with Gasteiger partial charge in [-0.15, -0.1) is 11.6 Å². The van der Waals surface area contributed by atoms with Gasteiger partial charge in [-0.3, -0.25) is 0 Å². The highest BCUT2D eigenvalue weighted by atomic mass is 35.5. The van der Waals surface area contributed by atoms with Gasteiger partial charge in [-0.05, 0) is 24.9 Å². The summed E-state index contributed by atoms with van der Waals surface area (Å²) in [5.74, 6) is 0. The molecule has 0 heterocycles. The quantitative estimate of drug-likeness (QED) is 0.555. The second-order valence-electron chi connectivity index (χ2n) is 3.83. The van der Waals surface area contributed by atoms with E-state index in [9.17, 15) is 0 Å². The van der Waals surface area contributed by atoms with Gasteiger partial charge in [0.1, 0.15) is 0 Å². The molecule has 0 radical (unpaired) electrons. The highest BCUT2D eigenvalue weighted by Gasteiger charge is 2.01. The minimum absolute atomic E-state index is 0.283. The average molecular weight is 226 g/mol. The fourth-order valence-electron chi connectivity index (χ4n) is 1.55. The molecule has 1 N–H and O–H groups in total. The van der Waals surface area contributed by atoms with E-state index in [0.717, 1.165) is 32.4 Å². The van der Waals surface area contributed by atoms with Gasteiger partial charge in [0.15, 0.2) is 0 Å². The standard InChI is InChI=1S/C13H20ClN/c1-2-6-13(14)11-15-10-9-12-7-4-3-5-8-12/h3-5,7-8,13,15H,2,6,9-11H2,1H3. The molecule has 2 heteroatoms. The lowest BCUT2D eigenvalue weighted by molar-refractivity contribution is 0.623. The topological polar surface area (TPSA) is 12.0 Å². The van der Waals surface area contributed by atoms with Crippen LogP contribution in [0.15, 0.2) is 30.3 Å². The van der Waals surface area contributed by atoms with Crippen molar-refractivity contribution in [2.75, 3.05) is 13.1 Å². The minimum Gasteiger partial charge on any atom is -0.315 e. The molecule has 1 aromatic carbocycles. The Balaban J connectivity index is 2.07. The van der Waals surface area contributed by atoms with Crippen molar-refractivity contribution in [1.82, 2.24) is 5.32 Å². The lowest BCUT2D eigenvalue weighted by atomic mass is 10.1. The van der Waals surface area contributed by atoms with Gasteiger partial charge in [-0.2, -0.15) is 0 Å². The molecule has 0 spiro atoms. The maximum Gasteiger partial charge on any atom is 0.0460 e. The summed E-state index contributed by atoms with van der Waals surface area (Å²) >= 11 is 6.10. The van der Waals surface area contributed by atoms with Crippen LogP contribution in [0.25, 0.3) is 0 Å². The van der Waals surface area contributed by atoms with Gasteiger partial charge in [0.25, 0.3) is 0 Å². The van der Waals surface area contributed by atoms with Crippen molar-refractivity contribution in [3.8, 4) is 0 Å². The number of hydrogen-bond acceptors (Lipinski definition) is 1. The summed E-state index contributed by atoms with van der Waals surface area (Å²) in [6.07, 6.45) is 3.34. The predicted molar refractivity (Wildman–Crippen MR) is 67.6 cm³/mol. The van der Waals surface area contributed by atoms with Gasteiger partial charge in [-0.1, -0.05) is 43.7 Å². The van der Waals surface area contributed by atoms with E-state index in [4.69, 9.17) is 11.6 Å². The van der Waals surface area contributed by atoms with E-state index in [0.29, 0.717) is 0 Å². The van der Waals surface area contributed by atoms with Crippen LogP contribution in [-0.4, -0.2) is 18.5 Å². The van der Waals surface area contributed by atoms with Crippen LogP contribution in [0.3, 0.4) is 0 Å². The van der Waals surface area contributed by atoms with Crippen LogP contribution >= 0.6 is 11.6 Å². The van der Waals surface area contributed by atoms with Crippen LogP contribution in [0, 0.1) is 0 Å². The van der Waals surface area contributed by atoms with Crippen molar-refractivity contribution in [2.24, 2.45) is 0 Å². The van der Waals surface area contributed by atoms with Gasteiger partial charge >= 0.3 is 0 Å². The summed E-state index contributed by atoms with van der Waals surface area (Å²) in [7, 11) is 0. The molecule has 0 aliphatic carbocycles. The van der Waals surface area contributed by atoms with Crippen molar-refractivity contribution in [1.29, 1.82) is 0 Å². The summed E-state index contributed by atoms with van der Waals surface area (Å²) < 4.78 is 0. The molecule has 1 rings (SSSR count). The third-order valence-corrected chi connectivity index (χ3v) is 2.77. The number of hydrogen-bond donors (Lipinski definition) is 1. The van der Waals surface area contributed by atoms with E-state index in [1.54, 1.807) is 0 Å². The zero-order valence-electron chi connectivity index (χ0n) is 9.38. The van der Waals surface area contributed by atoms with Gasteiger partial charge in [0.05, 0.1) is 0 Å². The van der Waals surface area contributed by atoms with E-state index < -0.39 is 0 Å². The number of alkyl halides is 1. The number of nitrogens with one attached hydrogen (secondary N) is 1. The Bertz CT molecular complexity index is 248. The van der Waals surface area contributed by atoms with Crippen LogP contribution < -0.4 is 5.32 Å². The van der Waals surface area contributed by atoms with Crippen LogP contribution in [0.4, 0.5) is 0 Å². The van der Waals surface area contributed by atoms with Crippen molar-refractivity contribution in [2.45, 2.75) is 31.6 Å². The number of halogens is 1. The molecule has 0 aliphatic rings.